The Morgan fingerprint density at radius 1 is 1.50 bits per heavy atom. The molecule has 4 heteroatoms. The van der Waals surface area contributed by atoms with Gasteiger partial charge in [-0.3, -0.25) is 4.68 Å². The van der Waals surface area contributed by atoms with Gasteiger partial charge in [0.2, 0.25) is 0 Å². The maximum absolute atomic E-state index is 5.88. The van der Waals surface area contributed by atoms with Crippen LogP contribution < -0.4 is 5.73 Å². The Labute approximate surface area is 97.8 Å². The first-order valence-corrected chi connectivity index (χ1v) is 5.92. The van der Waals surface area contributed by atoms with Gasteiger partial charge in [-0.2, -0.15) is 5.10 Å². The molecule has 0 radical (unpaired) electrons. The summed E-state index contributed by atoms with van der Waals surface area (Å²) in [6.45, 7) is 10.2. The van der Waals surface area contributed by atoms with E-state index in [0.717, 1.165) is 24.4 Å². The van der Waals surface area contributed by atoms with Crippen LogP contribution >= 0.6 is 0 Å². The molecule has 0 amide bonds. The van der Waals surface area contributed by atoms with Gasteiger partial charge in [0.15, 0.2) is 0 Å². The lowest BCUT2D eigenvalue weighted by Crippen LogP contribution is -2.36. The maximum atomic E-state index is 5.88. The van der Waals surface area contributed by atoms with E-state index in [1.54, 1.807) is 0 Å². The SMILES string of the molecule is CCn1nc(C)cc1COC(C)(CC)CN. The third-order valence-electron chi connectivity index (χ3n) is 3.03. The van der Waals surface area contributed by atoms with Gasteiger partial charge in [0, 0.05) is 13.1 Å². The monoisotopic (exact) mass is 225 g/mol. The third kappa shape index (κ3) is 3.06. The fourth-order valence-electron chi connectivity index (χ4n) is 1.54. The second kappa shape index (κ2) is 5.46. The number of nitrogens with zero attached hydrogens (tertiary/aromatic N) is 2. The average molecular weight is 225 g/mol. The summed E-state index contributed by atoms with van der Waals surface area (Å²) in [7, 11) is 0. The Morgan fingerprint density at radius 2 is 2.19 bits per heavy atom. The molecule has 1 heterocycles. The van der Waals surface area contributed by atoms with Crippen LogP contribution in [0.1, 0.15) is 38.6 Å². The van der Waals surface area contributed by atoms with Crippen LogP contribution in [0.5, 0.6) is 0 Å². The Kier molecular flexibility index (Phi) is 4.50. The summed E-state index contributed by atoms with van der Waals surface area (Å²) in [5.74, 6) is 0. The molecule has 0 bridgehead atoms. The van der Waals surface area contributed by atoms with Crippen LogP contribution in [0.4, 0.5) is 0 Å². The average Bonchev–Trinajstić information content (AvgIpc) is 2.66. The first kappa shape index (κ1) is 13.2. The molecule has 0 aliphatic rings. The summed E-state index contributed by atoms with van der Waals surface area (Å²) in [5, 5.41) is 4.39. The quantitative estimate of drug-likeness (QED) is 0.804. The van der Waals surface area contributed by atoms with Gasteiger partial charge in [0.1, 0.15) is 0 Å². The predicted octanol–water partition coefficient (Wildman–Crippen LogP) is 1.86. The van der Waals surface area contributed by atoms with Crippen LogP contribution in [0.3, 0.4) is 0 Å². The first-order chi connectivity index (χ1) is 7.54. The molecule has 0 saturated heterocycles. The fourth-order valence-corrected chi connectivity index (χ4v) is 1.54. The van der Waals surface area contributed by atoms with Crippen LogP contribution in [0.15, 0.2) is 6.07 Å². The van der Waals surface area contributed by atoms with E-state index in [9.17, 15) is 0 Å². The van der Waals surface area contributed by atoms with Gasteiger partial charge in [0.05, 0.1) is 23.6 Å². The maximum Gasteiger partial charge on any atom is 0.0892 e. The molecular formula is C12H23N3O. The van der Waals surface area contributed by atoms with Crippen molar-refractivity contribution in [2.45, 2.75) is 52.9 Å². The molecule has 0 aromatic carbocycles. The number of aryl methyl sites for hydroxylation is 2. The van der Waals surface area contributed by atoms with E-state index in [1.165, 1.54) is 0 Å². The van der Waals surface area contributed by atoms with Crippen molar-refractivity contribution in [3.8, 4) is 0 Å². The summed E-state index contributed by atoms with van der Waals surface area (Å²) in [6.07, 6.45) is 0.919. The van der Waals surface area contributed by atoms with Crippen LogP contribution in [0, 0.1) is 6.92 Å². The molecule has 16 heavy (non-hydrogen) atoms. The molecule has 1 aromatic heterocycles. The number of aromatic nitrogens is 2. The third-order valence-corrected chi connectivity index (χ3v) is 3.03. The lowest BCUT2D eigenvalue weighted by atomic mass is 10.0. The molecule has 0 saturated carbocycles. The smallest absolute Gasteiger partial charge is 0.0892 e. The Balaban J connectivity index is 2.66. The van der Waals surface area contributed by atoms with E-state index >= 15 is 0 Å². The van der Waals surface area contributed by atoms with E-state index in [0.29, 0.717) is 13.2 Å². The zero-order valence-electron chi connectivity index (χ0n) is 10.8. The molecule has 2 N–H and O–H groups in total. The van der Waals surface area contributed by atoms with Gasteiger partial charge < -0.3 is 10.5 Å². The molecule has 92 valence electrons. The molecule has 1 aromatic rings. The van der Waals surface area contributed by atoms with Crippen molar-refractivity contribution >= 4 is 0 Å². The van der Waals surface area contributed by atoms with E-state index in [2.05, 4.69) is 25.0 Å². The summed E-state index contributed by atoms with van der Waals surface area (Å²) in [6, 6.07) is 2.07. The number of ether oxygens (including phenoxy) is 1. The highest BCUT2D eigenvalue weighted by molar-refractivity contribution is 5.08. The summed E-state index contributed by atoms with van der Waals surface area (Å²) < 4.78 is 7.86. The van der Waals surface area contributed by atoms with Crippen molar-refractivity contribution in [1.82, 2.24) is 9.78 Å². The van der Waals surface area contributed by atoms with Gasteiger partial charge in [0.25, 0.3) is 0 Å². The Morgan fingerprint density at radius 3 is 2.69 bits per heavy atom. The van der Waals surface area contributed by atoms with Gasteiger partial charge >= 0.3 is 0 Å². The highest BCUT2D eigenvalue weighted by atomic mass is 16.5. The standard InChI is InChI=1S/C12H23N3O/c1-5-12(4,9-13)16-8-11-7-10(3)14-15(11)6-2/h7H,5-6,8-9,13H2,1-4H3. The van der Waals surface area contributed by atoms with E-state index < -0.39 is 0 Å². The first-order valence-electron chi connectivity index (χ1n) is 5.92. The molecule has 4 nitrogen and oxygen atoms in total. The zero-order valence-corrected chi connectivity index (χ0v) is 10.8. The lowest BCUT2D eigenvalue weighted by Gasteiger charge is -2.26. The molecule has 0 fully saturated rings. The lowest BCUT2D eigenvalue weighted by molar-refractivity contribution is -0.0414. The van der Waals surface area contributed by atoms with Crippen molar-refractivity contribution in [2.24, 2.45) is 5.73 Å². The summed E-state index contributed by atoms with van der Waals surface area (Å²) in [4.78, 5) is 0. The minimum Gasteiger partial charge on any atom is -0.368 e. The Hall–Kier alpha value is -0.870. The molecule has 1 rings (SSSR count). The minimum absolute atomic E-state index is 0.225. The van der Waals surface area contributed by atoms with Gasteiger partial charge in [-0.15, -0.1) is 0 Å². The fraction of sp³-hybridized carbons (Fsp3) is 0.750. The highest BCUT2D eigenvalue weighted by Gasteiger charge is 2.21. The van der Waals surface area contributed by atoms with Crippen LogP contribution in [-0.2, 0) is 17.9 Å². The molecule has 1 atom stereocenters. The number of rotatable bonds is 6. The van der Waals surface area contributed by atoms with Crippen molar-refractivity contribution in [3.05, 3.63) is 17.5 Å². The van der Waals surface area contributed by atoms with Crippen molar-refractivity contribution in [3.63, 3.8) is 0 Å². The predicted molar refractivity (Wildman–Crippen MR) is 65.2 cm³/mol. The molecular weight excluding hydrogens is 202 g/mol. The number of hydrogen-bond donors (Lipinski definition) is 1. The second-order valence-corrected chi connectivity index (χ2v) is 4.39. The van der Waals surface area contributed by atoms with Crippen molar-refractivity contribution in [2.75, 3.05) is 6.54 Å². The van der Waals surface area contributed by atoms with Gasteiger partial charge in [-0.1, -0.05) is 6.92 Å². The van der Waals surface area contributed by atoms with Crippen molar-refractivity contribution in [1.29, 1.82) is 0 Å². The van der Waals surface area contributed by atoms with Gasteiger partial charge in [-0.05, 0) is 33.3 Å². The van der Waals surface area contributed by atoms with Crippen LogP contribution in [-0.4, -0.2) is 21.9 Å². The van der Waals surface area contributed by atoms with Crippen LogP contribution in [0.25, 0.3) is 0 Å². The zero-order chi connectivity index (χ0) is 12.2. The summed E-state index contributed by atoms with van der Waals surface area (Å²) >= 11 is 0. The Bertz CT molecular complexity index is 329. The second-order valence-electron chi connectivity index (χ2n) is 4.39. The largest absolute Gasteiger partial charge is 0.368 e. The van der Waals surface area contributed by atoms with Crippen LogP contribution in [0.2, 0.25) is 0 Å². The summed E-state index contributed by atoms with van der Waals surface area (Å²) in [5.41, 5.74) is 7.64. The highest BCUT2D eigenvalue weighted by Crippen LogP contribution is 2.16. The topological polar surface area (TPSA) is 53.1 Å². The molecule has 0 aliphatic heterocycles. The molecule has 0 spiro atoms. The normalized spacial score (nSPS) is 15.1. The number of hydrogen-bond acceptors (Lipinski definition) is 3. The van der Waals surface area contributed by atoms with E-state index in [1.807, 2.05) is 18.5 Å². The minimum atomic E-state index is -0.225. The van der Waals surface area contributed by atoms with E-state index in [-0.39, 0.29) is 5.60 Å². The van der Waals surface area contributed by atoms with E-state index in [4.69, 9.17) is 10.5 Å². The number of nitrogens with two attached hydrogens (primary N) is 1. The molecule has 1 unspecified atom stereocenters. The van der Waals surface area contributed by atoms with Gasteiger partial charge in [-0.25, -0.2) is 0 Å². The van der Waals surface area contributed by atoms with Crippen molar-refractivity contribution < 1.29 is 4.74 Å². The molecule has 0 aliphatic carbocycles.